The van der Waals surface area contributed by atoms with Crippen LogP contribution in [0, 0.1) is 0 Å². The molecule has 0 bridgehead atoms. The fourth-order valence-corrected chi connectivity index (χ4v) is 4.45. The molecule has 0 aliphatic rings. The van der Waals surface area contributed by atoms with Crippen molar-refractivity contribution in [1.82, 2.24) is 9.36 Å². The van der Waals surface area contributed by atoms with Gasteiger partial charge in [0.25, 0.3) is 5.56 Å². The number of azo groups is 1. The van der Waals surface area contributed by atoms with E-state index < -0.39 is 0 Å². The van der Waals surface area contributed by atoms with Crippen LogP contribution in [0.25, 0.3) is 16.9 Å². The predicted octanol–water partition coefficient (Wildman–Crippen LogP) is 7.46. The van der Waals surface area contributed by atoms with E-state index in [2.05, 4.69) is 26.2 Å². The summed E-state index contributed by atoms with van der Waals surface area (Å²) in [7, 11) is 0. The molecule has 0 saturated carbocycles. The Balaban J connectivity index is 1.71. The minimum absolute atomic E-state index is 0.168. The molecule has 5 aromatic rings. The van der Waals surface area contributed by atoms with Gasteiger partial charge in [-0.15, -0.1) is 5.11 Å². The molecule has 1 heterocycles. The Morgan fingerprint density at radius 1 is 0.757 bits per heavy atom. The zero-order valence-corrected chi connectivity index (χ0v) is 21.4. The molecular formula is C30H23BrN4O2. The average molecular weight is 551 g/mol. The number of rotatable bonds is 7. The molecule has 0 spiro atoms. The minimum Gasteiger partial charge on any atom is -0.493 e. The number of halogens is 1. The van der Waals surface area contributed by atoms with Crippen LogP contribution in [-0.4, -0.2) is 14.5 Å². The highest BCUT2D eigenvalue weighted by atomic mass is 79.9. The smallest absolute Gasteiger partial charge is 0.283 e. The zero-order valence-electron chi connectivity index (χ0n) is 19.8. The summed E-state index contributed by atoms with van der Waals surface area (Å²) in [6, 6.07) is 35.8. The number of benzene rings is 4. The van der Waals surface area contributed by atoms with E-state index in [1.807, 2.05) is 115 Å². The molecule has 1 aromatic heterocycles. The van der Waals surface area contributed by atoms with Crippen LogP contribution < -0.4 is 5.56 Å². The lowest BCUT2D eigenvalue weighted by Gasteiger charge is -2.12. The molecule has 182 valence electrons. The maximum atomic E-state index is 14.0. The lowest BCUT2D eigenvalue weighted by molar-refractivity contribution is 0.424. The summed E-state index contributed by atoms with van der Waals surface area (Å²) in [6.07, 6.45) is 1.93. The maximum absolute atomic E-state index is 14.0. The van der Waals surface area contributed by atoms with E-state index >= 15 is 0 Å². The minimum atomic E-state index is -0.356. The first-order valence-electron chi connectivity index (χ1n) is 11.7. The van der Waals surface area contributed by atoms with E-state index in [4.69, 9.17) is 0 Å². The Labute approximate surface area is 222 Å². The molecule has 0 atom stereocenters. The topological polar surface area (TPSA) is 71.9 Å². The van der Waals surface area contributed by atoms with Crippen molar-refractivity contribution in [3.05, 3.63) is 147 Å². The molecule has 6 nitrogen and oxygen atoms in total. The van der Waals surface area contributed by atoms with Gasteiger partial charge >= 0.3 is 0 Å². The summed E-state index contributed by atoms with van der Waals surface area (Å²) in [5, 5.41) is 20.2. The normalized spacial score (nSPS) is 11.8. The van der Waals surface area contributed by atoms with Gasteiger partial charge in [0, 0.05) is 10.9 Å². The predicted molar refractivity (Wildman–Crippen MR) is 150 cm³/mol. The standard InChI is InChI=1S/C30H23BrN4O2/c31-26-18-10-11-19-27(26)33-32-21-23(20-22-12-4-1-5-13-22)28-29(36)34(24-14-6-2-7-15-24)35(30(28)37)25-16-8-3-9-17-25/h1-19,21,36H,20H2. The average Bonchev–Trinajstić information content (AvgIpc) is 3.20. The second kappa shape index (κ2) is 11.1. The van der Waals surface area contributed by atoms with E-state index in [1.54, 1.807) is 6.20 Å². The van der Waals surface area contributed by atoms with E-state index in [9.17, 15) is 9.90 Å². The number of aromatic hydroxyl groups is 1. The van der Waals surface area contributed by atoms with Gasteiger partial charge in [-0.3, -0.25) is 4.79 Å². The van der Waals surface area contributed by atoms with Gasteiger partial charge in [0.15, 0.2) is 0 Å². The van der Waals surface area contributed by atoms with Crippen molar-refractivity contribution < 1.29 is 5.11 Å². The first-order chi connectivity index (χ1) is 18.1. The third-order valence-electron chi connectivity index (χ3n) is 5.82. The van der Waals surface area contributed by atoms with E-state index in [0.717, 1.165) is 10.0 Å². The molecule has 0 amide bonds. The molecule has 4 aromatic carbocycles. The van der Waals surface area contributed by atoms with Gasteiger partial charge in [-0.05, 0) is 63.5 Å². The van der Waals surface area contributed by atoms with Crippen molar-refractivity contribution in [2.75, 3.05) is 0 Å². The highest BCUT2D eigenvalue weighted by molar-refractivity contribution is 9.10. The summed E-state index contributed by atoms with van der Waals surface area (Å²) >= 11 is 3.48. The molecule has 0 fully saturated rings. The van der Waals surface area contributed by atoms with Crippen molar-refractivity contribution in [2.24, 2.45) is 10.2 Å². The Kier molecular flexibility index (Phi) is 7.23. The Bertz CT molecular complexity index is 1620. The number of aromatic nitrogens is 2. The van der Waals surface area contributed by atoms with Crippen LogP contribution in [0.5, 0.6) is 5.88 Å². The molecule has 1 N–H and O–H groups in total. The highest BCUT2D eigenvalue weighted by Gasteiger charge is 2.25. The second-order valence-electron chi connectivity index (χ2n) is 8.28. The first-order valence-corrected chi connectivity index (χ1v) is 12.5. The first kappa shape index (κ1) is 24.2. The number of hydrogen-bond acceptors (Lipinski definition) is 4. The Morgan fingerprint density at radius 2 is 1.30 bits per heavy atom. The summed E-state index contributed by atoms with van der Waals surface area (Å²) < 4.78 is 3.81. The van der Waals surface area contributed by atoms with Crippen LogP contribution in [0.3, 0.4) is 0 Å². The van der Waals surface area contributed by atoms with Crippen LogP contribution in [0.4, 0.5) is 5.69 Å². The number of allylic oxidation sites excluding steroid dienone is 1. The lowest BCUT2D eigenvalue weighted by atomic mass is 10.0. The molecule has 0 radical (unpaired) electrons. The fraction of sp³-hybridized carbons (Fsp3) is 0.0333. The quantitative estimate of drug-likeness (QED) is 0.213. The van der Waals surface area contributed by atoms with Crippen molar-refractivity contribution in [3.63, 3.8) is 0 Å². The SMILES string of the molecule is O=c1c(C(=CN=Nc2ccccc2Br)Cc2ccccc2)c(O)n(-c2ccccc2)n1-c1ccccc1. The second-order valence-corrected chi connectivity index (χ2v) is 9.14. The highest BCUT2D eigenvalue weighted by Crippen LogP contribution is 2.31. The summed E-state index contributed by atoms with van der Waals surface area (Å²) in [6.45, 7) is 0. The summed E-state index contributed by atoms with van der Waals surface area (Å²) in [5.41, 5.74) is 3.28. The summed E-state index contributed by atoms with van der Waals surface area (Å²) in [5.74, 6) is -0.168. The summed E-state index contributed by atoms with van der Waals surface area (Å²) in [4.78, 5) is 14.0. The third kappa shape index (κ3) is 5.22. The van der Waals surface area contributed by atoms with Crippen LogP contribution >= 0.6 is 15.9 Å². The van der Waals surface area contributed by atoms with Crippen molar-refractivity contribution in [3.8, 4) is 17.3 Å². The van der Waals surface area contributed by atoms with Crippen LogP contribution in [0.1, 0.15) is 11.1 Å². The number of nitrogens with zero attached hydrogens (tertiary/aromatic N) is 4. The van der Waals surface area contributed by atoms with Gasteiger partial charge < -0.3 is 5.11 Å². The zero-order chi connectivity index (χ0) is 25.6. The third-order valence-corrected chi connectivity index (χ3v) is 6.49. The van der Waals surface area contributed by atoms with Crippen molar-refractivity contribution >= 4 is 27.2 Å². The Morgan fingerprint density at radius 3 is 1.92 bits per heavy atom. The molecule has 37 heavy (non-hydrogen) atoms. The monoisotopic (exact) mass is 550 g/mol. The lowest BCUT2D eigenvalue weighted by Crippen LogP contribution is -2.21. The molecular weight excluding hydrogens is 528 g/mol. The van der Waals surface area contributed by atoms with E-state index in [1.165, 1.54) is 9.36 Å². The van der Waals surface area contributed by atoms with Crippen LogP contribution in [0.2, 0.25) is 0 Å². The largest absolute Gasteiger partial charge is 0.493 e. The van der Waals surface area contributed by atoms with Gasteiger partial charge in [0.2, 0.25) is 5.88 Å². The van der Waals surface area contributed by atoms with Crippen molar-refractivity contribution in [1.29, 1.82) is 0 Å². The van der Waals surface area contributed by atoms with Crippen molar-refractivity contribution in [2.45, 2.75) is 6.42 Å². The molecule has 5 rings (SSSR count). The van der Waals surface area contributed by atoms with Gasteiger partial charge in [-0.2, -0.15) is 5.11 Å². The van der Waals surface area contributed by atoms with E-state index in [0.29, 0.717) is 29.1 Å². The van der Waals surface area contributed by atoms with Gasteiger partial charge in [0.1, 0.15) is 5.56 Å². The molecule has 0 saturated heterocycles. The molecule has 7 heteroatoms. The van der Waals surface area contributed by atoms with Gasteiger partial charge in [-0.1, -0.05) is 78.9 Å². The van der Waals surface area contributed by atoms with Crippen LogP contribution in [-0.2, 0) is 6.42 Å². The molecule has 0 unspecified atom stereocenters. The fourth-order valence-electron chi connectivity index (χ4n) is 4.09. The Hall–Kier alpha value is -4.49. The molecule has 0 aliphatic heterocycles. The van der Waals surface area contributed by atoms with Gasteiger partial charge in [0.05, 0.1) is 23.3 Å². The van der Waals surface area contributed by atoms with Gasteiger partial charge in [-0.25, -0.2) is 9.36 Å². The number of para-hydroxylation sites is 2. The maximum Gasteiger partial charge on any atom is 0.283 e. The van der Waals surface area contributed by atoms with E-state index in [-0.39, 0.29) is 17.0 Å². The molecule has 0 aliphatic carbocycles. The number of hydrogen-bond donors (Lipinski definition) is 1. The van der Waals surface area contributed by atoms with Crippen LogP contribution in [0.15, 0.2) is 141 Å².